The van der Waals surface area contributed by atoms with Gasteiger partial charge in [0.2, 0.25) is 0 Å². The highest BCUT2D eigenvalue weighted by atomic mass is 14.9. The highest BCUT2D eigenvalue weighted by Crippen LogP contribution is 2.18. The van der Waals surface area contributed by atoms with Gasteiger partial charge < -0.3 is 0 Å². The SMILES string of the molecule is CC(C)CCCCCCCCCc1cnc(-c2ccc(CCCCCCCC(C)C)cc2)nc1. The molecule has 0 saturated heterocycles. The van der Waals surface area contributed by atoms with Crippen LogP contribution >= 0.6 is 0 Å². The van der Waals surface area contributed by atoms with E-state index in [-0.39, 0.29) is 0 Å². The van der Waals surface area contributed by atoms with Gasteiger partial charge in [0.05, 0.1) is 0 Å². The van der Waals surface area contributed by atoms with Crippen molar-refractivity contribution in [3.8, 4) is 11.4 Å². The molecule has 0 N–H and O–H groups in total. The van der Waals surface area contributed by atoms with Gasteiger partial charge in [0, 0.05) is 18.0 Å². The lowest BCUT2D eigenvalue weighted by atomic mass is 10.0. The first-order chi connectivity index (χ1) is 16.5. The van der Waals surface area contributed by atoms with Gasteiger partial charge in [-0.1, -0.05) is 129 Å². The number of aryl methyl sites for hydroxylation is 2. The molecule has 2 nitrogen and oxygen atoms in total. The first kappa shape index (κ1) is 28.5. The number of hydrogen-bond acceptors (Lipinski definition) is 2. The molecule has 0 spiro atoms. The molecule has 0 bridgehead atoms. The summed E-state index contributed by atoms with van der Waals surface area (Å²) >= 11 is 0. The maximum atomic E-state index is 4.65. The third-order valence-corrected chi connectivity index (χ3v) is 6.91. The average molecular weight is 465 g/mol. The van der Waals surface area contributed by atoms with E-state index in [4.69, 9.17) is 0 Å². The van der Waals surface area contributed by atoms with E-state index >= 15 is 0 Å². The monoisotopic (exact) mass is 464 g/mol. The fourth-order valence-electron chi connectivity index (χ4n) is 4.63. The van der Waals surface area contributed by atoms with Crippen LogP contribution in [0.1, 0.15) is 129 Å². The normalized spacial score (nSPS) is 11.6. The Bertz CT molecular complexity index is 731. The second-order valence-electron chi connectivity index (χ2n) is 11.2. The Morgan fingerprint density at radius 2 is 0.912 bits per heavy atom. The van der Waals surface area contributed by atoms with Crippen LogP contribution in [0.25, 0.3) is 11.4 Å². The van der Waals surface area contributed by atoms with Crippen LogP contribution in [-0.4, -0.2) is 9.97 Å². The third kappa shape index (κ3) is 13.3. The predicted molar refractivity (Wildman–Crippen MR) is 149 cm³/mol. The first-order valence-corrected chi connectivity index (χ1v) is 14.4. The van der Waals surface area contributed by atoms with Crippen molar-refractivity contribution in [1.29, 1.82) is 0 Å². The zero-order valence-corrected chi connectivity index (χ0v) is 22.8. The summed E-state index contributed by atoms with van der Waals surface area (Å²) in [6, 6.07) is 8.89. The third-order valence-electron chi connectivity index (χ3n) is 6.91. The molecule has 0 fully saturated rings. The van der Waals surface area contributed by atoms with E-state index in [9.17, 15) is 0 Å². The van der Waals surface area contributed by atoms with Gasteiger partial charge in [-0.05, 0) is 48.6 Å². The molecule has 0 saturated carbocycles. The molecule has 1 aromatic heterocycles. The van der Waals surface area contributed by atoms with Crippen molar-refractivity contribution in [1.82, 2.24) is 9.97 Å². The molecule has 0 amide bonds. The smallest absolute Gasteiger partial charge is 0.159 e. The summed E-state index contributed by atoms with van der Waals surface area (Å²) in [5, 5.41) is 0. The Labute approximate surface area is 211 Å². The van der Waals surface area contributed by atoms with Crippen LogP contribution in [0.4, 0.5) is 0 Å². The molecule has 0 aliphatic rings. The van der Waals surface area contributed by atoms with Crippen LogP contribution < -0.4 is 0 Å². The molecular weight excluding hydrogens is 412 g/mol. The van der Waals surface area contributed by atoms with Gasteiger partial charge in [0.25, 0.3) is 0 Å². The zero-order chi connectivity index (χ0) is 24.4. The number of unbranched alkanes of at least 4 members (excludes halogenated alkanes) is 10. The lowest BCUT2D eigenvalue weighted by Crippen LogP contribution is -1.94. The van der Waals surface area contributed by atoms with Gasteiger partial charge in [-0.2, -0.15) is 0 Å². The summed E-state index contributed by atoms with van der Waals surface area (Å²) in [6.45, 7) is 9.29. The van der Waals surface area contributed by atoms with Crippen molar-refractivity contribution < 1.29 is 0 Å². The molecule has 2 rings (SSSR count). The average Bonchev–Trinajstić information content (AvgIpc) is 2.83. The van der Waals surface area contributed by atoms with Gasteiger partial charge >= 0.3 is 0 Å². The number of aromatic nitrogens is 2. The Kier molecular flexibility index (Phi) is 14.9. The Hall–Kier alpha value is -1.70. The molecule has 190 valence electrons. The molecule has 0 radical (unpaired) electrons. The van der Waals surface area contributed by atoms with E-state index in [0.717, 1.165) is 29.6 Å². The van der Waals surface area contributed by atoms with E-state index in [0.29, 0.717) is 0 Å². The van der Waals surface area contributed by atoms with Gasteiger partial charge in [-0.3, -0.25) is 0 Å². The van der Waals surface area contributed by atoms with Crippen molar-refractivity contribution in [2.24, 2.45) is 11.8 Å². The number of rotatable bonds is 19. The Balaban J connectivity index is 1.58. The molecule has 2 heteroatoms. The van der Waals surface area contributed by atoms with Crippen molar-refractivity contribution in [2.45, 2.75) is 130 Å². The van der Waals surface area contributed by atoms with Crippen LogP contribution in [0.3, 0.4) is 0 Å². The minimum absolute atomic E-state index is 0.849. The fraction of sp³-hybridized carbons (Fsp3) is 0.688. The molecule has 0 aliphatic carbocycles. The van der Waals surface area contributed by atoms with Gasteiger partial charge in [-0.25, -0.2) is 9.97 Å². The summed E-state index contributed by atoms with van der Waals surface area (Å²) in [5.41, 5.74) is 3.83. The number of benzene rings is 1. The number of hydrogen-bond donors (Lipinski definition) is 0. The van der Waals surface area contributed by atoms with Crippen LogP contribution in [0.15, 0.2) is 36.7 Å². The maximum Gasteiger partial charge on any atom is 0.159 e. The van der Waals surface area contributed by atoms with Crippen molar-refractivity contribution in [3.63, 3.8) is 0 Å². The number of nitrogens with zero attached hydrogens (tertiary/aromatic N) is 2. The summed E-state index contributed by atoms with van der Waals surface area (Å²) in [5.74, 6) is 2.56. The van der Waals surface area contributed by atoms with Gasteiger partial charge in [-0.15, -0.1) is 0 Å². The van der Waals surface area contributed by atoms with Crippen LogP contribution in [-0.2, 0) is 12.8 Å². The maximum absolute atomic E-state index is 4.65. The molecule has 1 aromatic carbocycles. The second kappa shape index (κ2) is 17.7. The van der Waals surface area contributed by atoms with E-state index in [1.807, 2.05) is 12.4 Å². The topological polar surface area (TPSA) is 25.8 Å². The molecule has 0 atom stereocenters. The second-order valence-corrected chi connectivity index (χ2v) is 11.2. The zero-order valence-electron chi connectivity index (χ0n) is 22.8. The lowest BCUT2D eigenvalue weighted by molar-refractivity contribution is 0.509. The van der Waals surface area contributed by atoms with Crippen molar-refractivity contribution in [3.05, 3.63) is 47.8 Å². The van der Waals surface area contributed by atoms with E-state index in [1.54, 1.807) is 0 Å². The molecule has 2 aromatic rings. The van der Waals surface area contributed by atoms with Crippen molar-refractivity contribution >= 4 is 0 Å². The van der Waals surface area contributed by atoms with E-state index in [1.165, 1.54) is 107 Å². The molecule has 0 unspecified atom stereocenters. The summed E-state index contributed by atoms with van der Waals surface area (Å²) in [6.07, 6.45) is 25.5. The first-order valence-electron chi connectivity index (χ1n) is 14.4. The Morgan fingerprint density at radius 1 is 0.500 bits per heavy atom. The molecular formula is C32H52N2. The van der Waals surface area contributed by atoms with Crippen LogP contribution in [0, 0.1) is 11.8 Å². The molecule has 0 aliphatic heterocycles. The highest BCUT2D eigenvalue weighted by Gasteiger charge is 2.03. The largest absolute Gasteiger partial charge is 0.236 e. The summed E-state index contributed by atoms with van der Waals surface area (Å²) in [7, 11) is 0. The van der Waals surface area contributed by atoms with Gasteiger partial charge in [0.15, 0.2) is 5.82 Å². The predicted octanol–water partition coefficient (Wildman–Crippen LogP) is 10.0. The quantitative estimate of drug-likeness (QED) is 0.193. The van der Waals surface area contributed by atoms with E-state index in [2.05, 4.69) is 61.9 Å². The van der Waals surface area contributed by atoms with Crippen molar-refractivity contribution in [2.75, 3.05) is 0 Å². The Morgan fingerprint density at radius 3 is 1.38 bits per heavy atom. The van der Waals surface area contributed by atoms with Gasteiger partial charge in [0.1, 0.15) is 0 Å². The standard InChI is InChI=1S/C32H52N2/c1-27(2)17-13-9-6-5-7-11-16-20-30-25-33-32(34-26-30)31-23-21-29(22-24-31)19-15-12-8-10-14-18-28(3)4/h21-28H,5-20H2,1-4H3. The molecule has 34 heavy (non-hydrogen) atoms. The minimum Gasteiger partial charge on any atom is -0.236 e. The highest BCUT2D eigenvalue weighted by molar-refractivity contribution is 5.55. The summed E-state index contributed by atoms with van der Waals surface area (Å²) < 4.78 is 0. The van der Waals surface area contributed by atoms with E-state index < -0.39 is 0 Å². The minimum atomic E-state index is 0.849. The lowest BCUT2D eigenvalue weighted by Gasteiger charge is -2.06. The fourth-order valence-corrected chi connectivity index (χ4v) is 4.63. The van der Waals surface area contributed by atoms with Crippen LogP contribution in [0.5, 0.6) is 0 Å². The summed E-state index contributed by atoms with van der Waals surface area (Å²) in [4.78, 5) is 9.29. The van der Waals surface area contributed by atoms with Crippen LogP contribution in [0.2, 0.25) is 0 Å². The molecule has 1 heterocycles.